The van der Waals surface area contributed by atoms with E-state index in [9.17, 15) is 18.4 Å². The molecule has 0 aromatic heterocycles. The molecule has 1 aliphatic carbocycles. The van der Waals surface area contributed by atoms with Crippen LogP contribution in [-0.2, 0) is 29.8 Å². The monoisotopic (exact) mass is 490 g/mol. The second-order valence-corrected chi connectivity index (χ2v) is 8.46. The van der Waals surface area contributed by atoms with Gasteiger partial charge in [0.05, 0.1) is 26.3 Å². The molecule has 2 fully saturated rings. The van der Waals surface area contributed by atoms with Crippen molar-refractivity contribution >= 4 is 18.8 Å². The van der Waals surface area contributed by atoms with Crippen molar-refractivity contribution in [1.82, 2.24) is 10.2 Å². The summed E-state index contributed by atoms with van der Waals surface area (Å²) in [6.07, 6.45) is 1.22. The number of amides is 2. The largest absolute Gasteiger partial charge is 0.483 e. The van der Waals surface area contributed by atoms with Gasteiger partial charge in [-0.05, 0) is 25.0 Å². The molecule has 2 aromatic carbocycles. The maximum atomic E-state index is 14.1. The molecule has 8 nitrogen and oxygen atoms in total. The minimum Gasteiger partial charge on any atom is -0.483 e. The topological polar surface area (TPSA) is 105 Å². The van der Waals surface area contributed by atoms with Crippen molar-refractivity contribution < 1.29 is 37.7 Å². The fourth-order valence-corrected chi connectivity index (χ4v) is 4.60. The number of hydrogen-bond donors (Lipinski definition) is 2. The van der Waals surface area contributed by atoms with Crippen LogP contribution in [0.25, 0.3) is 11.1 Å². The van der Waals surface area contributed by atoms with Crippen LogP contribution in [0.1, 0.15) is 30.0 Å². The Balaban J connectivity index is 0.000000176. The van der Waals surface area contributed by atoms with Gasteiger partial charge in [0.2, 0.25) is 12.3 Å². The number of carbonyl (C=O) groups is 3. The predicted molar refractivity (Wildman–Crippen MR) is 123 cm³/mol. The molecule has 2 aromatic rings. The average Bonchev–Trinajstić information content (AvgIpc) is 3.49. The lowest BCUT2D eigenvalue weighted by atomic mass is 10.0. The fourth-order valence-electron chi connectivity index (χ4n) is 4.60. The highest BCUT2D eigenvalue weighted by Gasteiger charge is 2.48. The molecule has 1 unspecified atom stereocenters. The summed E-state index contributed by atoms with van der Waals surface area (Å²) in [7, 11) is 0. The highest BCUT2D eigenvalue weighted by atomic mass is 19.3. The minimum atomic E-state index is -2.85. The molecule has 188 valence electrons. The highest BCUT2D eigenvalue weighted by Crippen LogP contribution is 2.50. The lowest BCUT2D eigenvalue weighted by molar-refractivity contribution is -0.152. The zero-order chi connectivity index (χ0) is 25.6. The number of ether oxygens (including phenoxy) is 2. The number of alkyl halides is 2. The Bertz CT molecular complexity index is 1070. The Labute approximate surface area is 201 Å². The van der Waals surface area contributed by atoms with Crippen LogP contribution >= 0.6 is 0 Å². The number of carboxylic acid groups (broad SMARTS) is 1. The molecule has 10 heteroatoms. The Hall–Kier alpha value is -3.37. The first-order valence-corrected chi connectivity index (χ1v) is 11.1. The average molecular weight is 491 g/mol. The van der Waals surface area contributed by atoms with Crippen molar-refractivity contribution in [2.24, 2.45) is 0 Å². The third-order valence-electron chi connectivity index (χ3n) is 6.09. The van der Waals surface area contributed by atoms with Gasteiger partial charge >= 0.3 is 0 Å². The quantitative estimate of drug-likeness (QED) is 0.641. The molecule has 5 rings (SSSR count). The zero-order valence-corrected chi connectivity index (χ0v) is 19.5. The van der Waals surface area contributed by atoms with Crippen LogP contribution in [0.2, 0.25) is 0 Å². The number of carbonyl (C=O) groups excluding carboxylic acids is 2. The molecule has 0 bridgehead atoms. The Morgan fingerprint density at radius 2 is 1.77 bits per heavy atom. The molecule has 35 heavy (non-hydrogen) atoms. The summed E-state index contributed by atoms with van der Waals surface area (Å²) in [5.74, 6) is -3.55. The molecule has 1 spiro atoms. The van der Waals surface area contributed by atoms with Crippen molar-refractivity contribution in [1.29, 1.82) is 0 Å². The summed E-state index contributed by atoms with van der Waals surface area (Å²) in [5, 5.41) is 9.26. The van der Waals surface area contributed by atoms with Crippen molar-refractivity contribution in [3.63, 3.8) is 0 Å². The lowest BCUT2D eigenvalue weighted by Gasteiger charge is -2.22. The number of halogens is 2. The van der Waals surface area contributed by atoms with Crippen LogP contribution in [0.4, 0.5) is 8.78 Å². The number of nitrogens with one attached hydrogen (secondary N) is 1. The van der Waals surface area contributed by atoms with Crippen LogP contribution in [0.3, 0.4) is 0 Å². The maximum Gasteiger partial charge on any atom is 0.299 e. The van der Waals surface area contributed by atoms with E-state index in [1.807, 2.05) is 19.9 Å². The zero-order valence-electron chi connectivity index (χ0n) is 19.5. The van der Waals surface area contributed by atoms with E-state index in [1.54, 1.807) is 29.2 Å². The van der Waals surface area contributed by atoms with E-state index in [2.05, 4.69) is 5.32 Å². The Morgan fingerprint density at radius 3 is 2.43 bits per heavy atom. The van der Waals surface area contributed by atoms with Gasteiger partial charge in [0.15, 0.2) is 5.79 Å². The first-order chi connectivity index (χ1) is 16.7. The summed E-state index contributed by atoms with van der Waals surface area (Å²) >= 11 is 0. The number of nitrogens with zero attached hydrogens (tertiary/aromatic N) is 1. The van der Waals surface area contributed by atoms with E-state index in [4.69, 9.17) is 19.4 Å². The second kappa shape index (κ2) is 10.9. The molecule has 2 aliphatic heterocycles. The molecule has 1 atom stereocenters. The maximum absolute atomic E-state index is 14.1. The van der Waals surface area contributed by atoms with Gasteiger partial charge in [-0.1, -0.05) is 48.0 Å². The number of rotatable bonds is 3. The van der Waals surface area contributed by atoms with Gasteiger partial charge in [-0.15, -0.1) is 0 Å². The van der Waals surface area contributed by atoms with Crippen LogP contribution in [0.5, 0.6) is 0 Å². The van der Waals surface area contributed by atoms with E-state index >= 15 is 0 Å². The number of aryl methyl sites for hydroxylation is 1. The molecule has 0 radical (unpaired) electrons. The summed E-state index contributed by atoms with van der Waals surface area (Å²) in [4.78, 5) is 31.9. The molecule has 2 amide bonds. The van der Waals surface area contributed by atoms with Gasteiger partial charge in [0.1, 0.15) is 0 Å². The standard InChI is InChI=1S/C14H10F2.C10H16N2O4.CH2O2/c1-9-6-7-13-11(8-9)10-4-2-3-5-12(10)14(13,15)16;1-8-4-10(15-2-3-16-10)6-12(8)9(14)5-11-7-13;2-1-3/h2-8H,1H3;7-8H,2-6H2,1H3,(H,11,13);1H,(H,2,3). The second-order valence-electron chi connectivity index (χ2n) is 8.46. The molecule has 0 saturated carbocycles. The minimum absolute atomic E-state index is 0.0317. The fraction of sp³-hybridized carbons (Fsp3) is 0.400. The van der Waals surface area contributed by atoms with E-state index in [0.29, 0.717) is 43.7 Å². The first-order valence-electron chi connectivity index (χ1n) is 11.1. The van der Waals surface area contributed by atoms with Crippen molar-refractivity contribution in [2.45, 2.75) is 38.0 Å². The summed E-state index contributed by atoms with van der Waals surface area (Å²) in [6, 6.07) is 11.9. The van der Waals surface area contributed by atoms with Crippen LogP contribution in [-0.4, -0.2) is 66.9 Å². The normalized spacial score (nSPS) is 20.0. The first kappa shape index (κ1) is 26.2. The van der Waals surface area contributed by atoms with Crippen molar-refractivity contribution in [3.8, 4) is 11.1 Å². The van der Waals surface area contributed by atoms with Gasteiger partial charge < -0.3 is 24.8 Å². The molecule has 2 N–H and O–H groups in total. The van der Waals surface area contributed by atoms with Gasteiger partial charge in [0.25, 0.3) is 12.4 Å². The van der Waals surface area contributed by atoms with Gasteiger partial charge in [-0.2, -0.15) is 8.78 Å². The summed E-state index contributed by atoms with van der Waals surface area (Å²) in [5.41, 5.74) is 2.58. The number of benzene rings is 2. The predicted octanol–water partition coefficient (Wildman–Crippen LogP) is 2.91. The number of likely N-dealkylation sites (tertiary alicyclic amines) is 1. The molecular formula is C25H28F2N2O6. The van der Waals surface area contributed by atoms with Gasteiger partial charge in [0, 0.05) is 23.6 Å². The SMILES string of the molecule is CC1CC2(CN1C(=O)CNC=O)OCCO2.Cc1ccc2c(c1)-c1ccccc1C2(F)F.O=CO. The van der Waals surface area contributed by atoms with Crippen LogP contribution in [0, 0.1) is 6.92 Å². The van der Waals surface area contributed by atoms with Gasteiger partial charge in [-0.25, -0.2) is 0 Å². The highest BCUT2D eigenvalue weighted by molar-refractivity contribution is 5.81. The third kappa shape index (κ3) is 5.49. The third-order valence-corrected chi connectivity index (χ3v) is 6.09. The van der Waals surface area contributed by atoms with Crippen molar-refractivity contribution in [3.05, 3.63) is 59.2 Å². The Kier molecular flexibility index (Phi) is 8.18. The van der Waals surface area contributed by atoms with E-state index in [0.717, 1.165) is 5.56 Å². The number of fused-ring (bicyclic) bond motifs is 3. The van der Waals surface area contributed by atoms with E-state index in [-0.39, 0.29) is 36.1 Å². The number of hydrogen-bond acceptors (Lipinski definition) is 5. The molecule has 3 aliphatic rings. The summed E-state index contributed by atoms with van der Waals surface area (Å²) < 4.78 is 39.2. The Morgan fingerprint density at radius 1 is 1.14 bits per heavy atom. The van der Waals surface area contributed by atoms with E-state index < -0.39 is 11.7 Å². The molecule has 2 saturated heterocycles. The van der Waals surface area contributed by atoms with E-state index in [1.165, 1.54) is 12.1 Å². The van der Waals surface area contributed by atoms with Crippen molar-refractivity contribution in [2.75, 3.05) is 26.3 Å². The molecule has 2 heterocycles. The lowest BCUT2D eigenvalue weighted by Crippen LogP contribution is -2.42. The van der Waals surface area contributed by atoms with Gasteiger partial charge in [-0.3, -0.25) is 14.4 Å². The molecular weight excluding hydrogens is 462 g/mol. The summed E-state index contributed by atoms with van der Waals surface area (Å²) in [6.45, 7) is 5.28. The van der Waals surface area contributed by atoms with Crippen LogP contribution < -0.4 is 5.32 Å². The smallest absolute Gasteiger partial charge is 0.299 e. The van der Waals surface area contributed by atoms with Crippen LogP contribution in [0.15, 0.2) is 42.5 Å².